The van der Waals surface area contributed by atoms with Crippen molar-refractivity contribution in [1.29, 1.82) is 0 Å². The first-order valence-corrected chi connectivity index (χ1v) is 7.87. The number of ether oxygens (including phenoxy) is 2. The molecule has 0 unspecified atom stereocenters. The molecule has 116 valence electrons. The topological polar surface area (TPSA) is 18.5 Å². The summed E-state index contributed by atoms with van der Waals surface area (Å²) < 4.78 is 11.2. The molecule has 0 atom stereocenters. The highest BCUT2D eigenvalue weighted by molar-refractivity contribution is 5.43. The van der Waals surface area contributed by atoms with Crippen LogP contribution in [0, 0.1) is 11.8 Å². The van der Waals surface area contributed by atoms with Crippen LogP contribution in [-0.4, -0.2) is 13.2 Å². The van der Waals surface area contributed by atoms with Crippen molar-refractivity contribution in [3.8, 4) is 17.6 Å². The quantitative estimate of drug-likeness (QED) is 0.415. The minimum absolute atomic E-state index is 0.117. The fraction of sp³-hybridized carbons (Fsp3) is 0.400. The van der Waals surface area contributed by atoms with Gasteiger partial charge in [-0.15, -0.1) is 5.92 Å². The van der Waals surface area contributed by atoms with E-state index in [-0.39, 0.29) is 5.41 Å². The Morgan fingerprint density at radius 2 is 2.00 bits per heavy atom. The molecule has 2 heteroatoms. The molecular formula is C20H24O2. The van der Waals surface area contributed by atoms with E-state index in [9.17, 15) is 0 Å². The van der Waals surface area contributed by atoms with Crippen LogP contribution in [0.25, 0.3) is 0 Å². The summed E-state index contributed by atoms with van der Waals surface area (Å²) in [7, 11) is 0. The lowest BCUT2D eigenvalue weighted by molar-refractivity contribution is 0.241. The van der Waals surface area contributed by atoms with Crippen molar-refractivity contribution >= 4 is 0 Å². The number of allylic oxidation sites excluding steroid dienone is 2. The fourth-order valence-corrected chi connectivity index (χ4v) is 2.42. The second-order valence-electron chi connectivity index (χ2n) is 5.32. The number of hydrogen-bond acceptors (Lipinski definition) is 2. The Morgan fingerprint density at radius 1 is 1.27 bits per heavy atom. The monoisotopic (exact) mass is 296 g/mol. The maximum atomic E-state index is 5.72. The Balaban J connectivity index is 1.87. The molecule has 22 heavy (non-hydrogen) atoms. The van der Waals surface area contributed by atoms with Gasteiger partial charge in [-0.25, -0.2) is 0 Å². The van der Waals surface area contributed by atoms with Crippen molar-refractivity contribution in [2.45, 2.75) is 39.0 Å². The highest BCUT2D eigenvalue weighted by atomic mass is 16.5. The SMILES string of the molecule is CC#CC1(c2ccc(OC/C=C\C(=C/C)OCC)cc2)CC1. The molecule has 0 N–H and O–H groups in total. The Labute approximate surface area is 133 Å². The average molecular weight is 296 g/mol. The van der Waals surface area contributed by atoms with Crippen LogP contribution in [0.4, 0.5) is 0 Å². The lowest BCUT2D eigenvalue weighted by Crippen LogP contribution is -2.02. The molecule has 0 aliphatic heterocycles. The van der Waals surface area contributed by atoms with Gasteiger partial charge in [-0.2, -0.15) is 0 Å². The standard InChI is InChI=1S/C20H24O2/c1-4-13-20(14-15-20)17-9-11-19(12-10-17)22-16-7-8-18(5-2)21-6-3/h5,7-12H,6,14-16H2,1-3H3/b8-7-,18-5+. The van der Waals surface area contributed by atoms with Crippen LogP contribution in [0.15, 0.2) is 48.3 Å². The predicted octanol–water partition coefficient (Wildman–Crippen LogP) is 4.62. The van der Waals surface area contributed by atoms with E-state index in [1.807, 2.05) is 51.1 Å². The van der Waals surface area contributed by atoms with Gasteiger partial charge < -0.3 is 9.47 Å². The summed E-state index contributed by atoms with van der Waals surface area (Å²) in [5, 5.41) is 0. The maximum absolute atomic E-state index is 5.72. The largest absolute Gasteiger partial charge is 0.494 e. The smallest absolute Gasteiger partial charge is 0.119 e. The molecule has 1 aliphatic rings. The molecule has 2 nitrogen and oxygen atoms in total. The van der Waals surface area contributed by atoms with Crippen LogP contribution in [0.1, 0.15) is 39.2 Å². The van der Waals surface area contributed by atoms with Gasteiger partial charge in [0.2, 0.25) is 0 Å². The van der Waals surface area contributed by atoms with Crippen LogP contribution in [-0.2, 0) is 10.2 Å². The molecule has 1 aliphatic carbocycles. The lowest BCUT2D eigenvalue weighted by atomic mass is 9.97. The zero-order chi connectivity index (χ0) is 15.8. The molecule has 0 heterocycles. The Kier molecular flexibility index (Phi) is 5.72. The van der Waals surface area contributed by atoms with Crippen LogP contribution >= 0.6 is 0 Å². The van der Waals surface area contributed by atoms with E-state index in [0.717, 1.165) is 11.5 Å². The zero-order valence-corrected chi connectivity index (χ0v) is 13.7. The molecule has 1 fully saturated rings. The maximum Gasteiger partial charge on any atom is 0.119 e. The summed E-state index contributed by atoms with van der Waals surface area (Å²) in [6.07, 6.45) is 8.18. The molecule has 1 aromatic carbocycles. The minimum Gasteiger partial charge on any atom is -0.494 e. The molecule has 2 rings (SSSR count). The first kappa shape index (κ1) is 16.2. The fourth-order valence-electron chi connectivity index (χ4n) is 2.42. The highest BCUT2D eigenvalue weighted by Gasteiger charge is 2.42. The summed E-state index contributed by atoms with van der Waals surface area (Å²) in [6, 6.07) is 8.32. The van der Waals surface area contributed by atoms with Crippen LogP contribution in [0.5, 0.6) is 5.75 Å². The van der Waals surface area contributed by atoms with E-state index in [1.165, 1.54) is 18.4 Å². The third kappa shape index (κ3) is 4.18. The molecule has 1 aromatic rings. The summed E-state index contributed by atoms with van der Waals surface area (Å²) in [5.74, 6) is 8.13. The molecule has 0 aromatic heterocycles. The van der Waals surface area contributed by atoms with Gasteiger partial charge in [0.25, 0.3) is 0 Å². The first-order valence-electron chi connectivity index (χ1n) is 7.87. The van der Waals surface area contributed by atoms with E-state index >= 15 is 0 Å². The lowest BCUT2D eigenvalue weighted by Gasteiger charge is -2.09. The Morgan fingerprint density at radius 3 is 2.55 bits per heavy atom. The van der Waals surface area contributed by atoms with E-state index in [4.69, 9.17) is 9.47 Å². The number of benzene rings is 1. The minimum atomic E-state index is 0.117. The summed E-state index contributed by atoms with van der Waals surface area (Å²) in [5.41, 5.74) is 1.42. The van der Waals surface area contributed by atoms with E-state index in [2.05, 4.69) is 24.0 Å². The summed E-state index contributed by atoms with van der Waals surface area (Å²) in [6.45, 7) is 7.05. The molecule has 0 spiro atoms. The van der Waals surface area contributed by atoms with Gasteiger partial charge in [-0.1, -0.05) is 18.1 Å². The van der Waals surface area contributed by atoms with E-state index in [0.29, 0.717) is 13.2 Å². The third-order valence-electron chi connectivity index (χ3n) is 3.75. The third-order valence-corrected chi connectivity index (χ3v) is 3.75. The van der Waals surface area contributed by atoms with Crippen LogP contribution in [0.2, 0.25) is 0 Å². The predicted molar refractivity (Wildman–Crippen MR) is 90.8 cm³/mol. The van der Waals surface area contributed by atoms with Gasteiger partial charge >= 0.3 is 0 Å². The highest BCUT2D eigenvalue weighted by Crippen LogP contribution is 2.47. The summed E-state index contributed by atoms with van der Waals surface area (Å²) >= 11 is 0. The molecule has 0 bridgehead atoms. The molecular weight excluding hydrogens is 272 g/mol. The normalized spacial score (nSPS) is 16.0. The van der Waals surface area contributed by atoms with Gasteiger partial charge in [0.15, 0.2) is 0 Å². The van der Waals surface area contributed by atoms with Crippen molar-refractivity contribution in [1.82, 2.24) is 0 Å². The summed E-state index contributed by atoms with van der Waals surface area (Å²) in [4.78, 5) is 0. The van der Waals surface area contributed by atoms with Crippen molar-refractivity contribution in [2.75, 3.05) is 13.2 Å². The van der Waals surface area contributed by atoms with Crippen LogP contribution < -0.4 is 4.74 Å². The number of hydrogen-bond donors (Lipinski definition) is 0. The van der Waals surface area contributed by atoms with Gasteiger partial charge in [-0.3, -0.25) is 0 Å². The van der Waals surface area contributed by atoms with Gasteiger partial charge in [0, 0.05) is 0 Å². The van der Waals surface area contributed by atoms with Gasteiger partial charge in [0.05, 0.1) is 12.0 Å². The molecule has 1 saturated carbocycles. The van der Waals surface area contributed by atoms with Gasteiger partial charge in [0.1, 0.15) is 18.1 Å². The Bertz CT molecular complexity index is 593. The van der Waals surface area contributed by atoms with Crippen molar-refractivity contribution in [2.24, 2.45) is 0 Å². The first-order chi connectivity index (χ1) is 10.7. The Hall–Kier alpha value is -2.14. The second-order valence-corrected chi connectivity index (χ2v) is 5.32. The molecule has 0 radical (unpaired) electrons. The average Bonchev–Trinajstić information content (AvgIpc) is 3.32. The molecule has 0 amide bonds. The van der Waals surface area contributed by atoms with Crippen LogP contribution in [0.3, 0.4) is 0 Å². The molecule has 0 saturated heterocycles. The van der Waals surface area contributed by atoms with Crippen molar-refractivity contribution in [3.63, 3.8) is 0 Å². The zero-order valence-electron chi connectivity index (χ0n) is 13.7. The van der Waals surface area contributed by atoms with E-state index in [1.54, 1.807) is 0 Å². The van der Waals surface area contributed by atoms with Gasteiger partial charge in [-0.05, 0) is 69.5 Å². The van der Waals surface area contributed by atoms with Crippen molar-refractivity contribution < 1.29 is 9.47 Å². The van der Waals surface area contributed by atoms with Crippen molar-refractivity contribution in [3.05, 3.63) is 53.8 Å². The number of rotatable bonds is 7. The second kappa shape index (κ2) is 7.75. The van der Waals surface area contributed by atoms with E-state index < -0.39 is 0 Å².